The molecule has 0 amide bonds. The normalized spacial score (nSPS) is 10.7. The third kappa shape index (κ3) is 2.68. The first-order chi connectivity index (χ1) is 8.72. The van der Waals surface area contributed by atoms with Crippen LogP contribution in [0.3, 0.4) is 0 Å². The van der Waals surface area contributed by atoms with Gasteiger partial charge in [-0.05, 0) is 11.1 Å². The lowest BCUT2D eigenvalue weighted by Gasteiger charge is -1.99. The van der Waals surface area contributed by atoms with Gasteiger partial charge in [-0.15, -0.1) is 45.3 Å². The lowest BCUT2D eigenvalue weighted by Crippen LogP contribution is -1.74. The van der Waals surface area contributed by atoms with Gasteiger partial charge >= 0.3 is 0 Å². The quantitative estimate of drug-likeness (QED) is 0.474. The van der Waals surface area contributed by atoms with Gasteiger partial charge in [0.2, 0.25) is 0 Å². The van der Waals surface area contributed by atoms with E-state index in [2.05, 4.69) is 35.0 Å². The van der Waals surface area contributed by atoms with Crippen molar-refractivity contribution in [2.75, 3.05) is 0 Å². The molecular formula is C12H6S6. The lowest BCUT2D eigenvalue weighted by molar-refractivity contribution is 1.70. The second-order valence-corrected chi connectivity index (χ2v) is 9.71. The summed E-state index contributed by atoms with van der Waals surface area (Å²) in [7, 11) is 0. The Hall–Kier alpha value is -0.240. The first-order valence-electron chi connectivity index (χ1n) is 5.00. The van der Waals surface area contributed by atoms with Crippen molar-refractivity contribution < 1.29 is 0 Å². The summed E-state index contributed by atoms with van der Waals surface area (Å²) in [5.74, 6) is 0. The Balaban J connectivity index is 1.98. The van der Waals surface area contributed by atoms with Crippen molar-refractivity contribution in [3.05, 3.63) is 41.3 Å². The van der Waals surface area contributed by atoms with Gasteiger partial charge in [-0.3, -0.25) is 0 Å². The third-order valence-corrected chi connectivity index (χ3v) is 7.39. The van der Waals surface area contributed by atoms with E-state index in [4.69, 9.17) is 24.4 Å². The Morgan fingerprint density at radius 1 is 0.667 bits per heavy atom. The van der Waals surface area contributed by atoms with Crippen LogP contribution in [0.15, 0.2) is 35.0 Å². The molecule has 0 atom stereocenters. The SMILES string of the molecule is S=c1scc(-c2ccc(-c3csc(=S)s3)cc2)s1. The van der Waals surface area contributed by atoms with Crippen molar-refractivity contribution in [1.29, 1.82) is 0 Å². The summed E-state index contributed by atoms with van der Waals surface area (Å²) in [6, 6.07) is 8.60. The Bertz CT molecular complexity index is 700. The summed E-state index contributed by atoms with van der Waals surface area (Å²) in [6.07, 6.45) is 0. The molecule has 0 nitrogen and oxygen atoms in total. The first-order valence-corrected chi connectivity index (χ1v) is 9.21. The van der Waals surface area contributed by atoms with Crippen molar-refractivity contribution in [3.8, 4) is 20.9 Å². The molecule has 0 aliphatic rings. The van der Waals surface area contributed by atoms with Crippen molar-refractivity contribution in [2.24, 2.45) is 0 Å². The average Bonchev–Trinajstić information content (AvgIpc) is 2.98. The monoisotopic (exact) mass is 342 g/mol. The maximum absolute atomic E-state index is 5.17. The average molecular weight is 343 g/mol. The molecule has 0 aliphatic carbocycles. The van der Waals surface area contributed by atoms with Gasteiger partial charge in [0.15, 0.2) is 0 Å². The molecule has 6 heteroatoms. The van der Waals surface area contributed by atoms with Gasteiger partial charge in [-0.2, -0.15) is 0 Å². The predicted molar refractivity (Wildman–Crippen MR) is 90.5 cm³/mol. The van der Waals surface area contributed by atoms with E-state index in [-0.39, 0.29) is 0 Å². The lowest BCUT2D eigenvalue weighted by atomic mass is 10.1. The molecule has 18 heavy (non-hydrogen) atoms. The highest BCUT2D eigenvalue weighted by molar-refractivity contribution is 7.76. The fourth-order valence-electron chi connectivity index (χ4n) is 1.53. The maximum atomic E-state index is 5.17. The molecule has 3 rings (SSSR count). The molecule has 0 spiro atoms. The predicted octanol–water partition coefficient (Wildman–Crippen LogP) is 6.73. The van der Waals surface area contributed by atoms with E-state index in [1.807, 2.05) is 0 Å². The molecule has 2 heterocycles. The summed E-state index contributed by atoms with van der Waals surface area (Å²) < 4.78 is 1.95. The van der Waals surface area contributed by atoms with Crippen molar-refractivity contribution >= 4 is 69.8 Å². The number of rotatable bonds is 2. The number of hydrogen-bond donors (Lipinski definition) is 0. The van der Waals surface area contributed by atoms with Crippen LogP contribution in [0.1, 0.15) is 0 Å². The zero-order valence-corrected chi connectivity index (χ0v) is 13.8. The molecule has 1 aromatic carbocycles. The van der Waals surface area contributed by atoms with Gasteiger partial charge in [0.25, 0.3) is 0 Å². The summed E-state index contributed by atoms with van der Waals surface area (Å²) in [5, 5.41) is 4.24. The number of hydrogen-bond acceptors (Lipinski definition) is 6. The van der Waals surface area contributed by atoms with Crippen LogP contribution in [-0.2, 0) is 0 Å². The second kappa shape index (κ2) is 5.40. The van der Waals surface area contributed by atoms with Crippen LogP contribution in [0.2, 0.25) is 0 Å². The minimum Gasteiger partial charge on any atom is -0.121 e. The molecule has 2 aromatic heterocycles. The van der Waals surface area contributed by atoms with Gasteiger partial charge in [0.05, 0.1) is 0 Å². The van der Waals surface area contributed by atoms with Crippen molar-refractivity contribution in [2.45, 2.75) is 0 Å². The molecule has 0 saturated heterocycles. The molecule has 0 bridgehead atoms. The summed E-state index contributed by atoms with van der Waals surface area (Å²) >= 11 is 16.9. The summed E-state index contributed by atoms with van der Waals surface area (Å²) in [6.45, 7) is 0. The highest BCUT2D eigenvalue weighted by Crippen LogP contribution is 2.33. The fourth-order valence-corrected chi connectivity index (χ4v) is 5.79. The van der Waals surface area contributed by atoms with Gasteiger partial charge in [-0.25, -0.2) is 0 Å². The molecule has 0 N–H and O–H groups in total. The van der Waals surface area contributed by atoms with Crippen LogP contribution < -0.4 is 0 Å². The highest BCUT2D eigenvalue weighted by Gasteiger charge is 2.03. The van der Waals surface area contributed by atoms with Gasteiger partial charge in [0, 0.05) is 20.5 Å². The van der Waals surface area contributed by atoms with Gasteiger partial charge in [0.1, 0.15) is 6.28 Å². The van der Waals surface area contributed by atoms with Crippen LogP contribution in [0, 0.1) is 6.28 Å². The zero-order chi connectivity index (χ0) is 12.5. The molecule has 0 fully saturated rings. The topological polar surface area (TPSA) is 0 Å². The van der Waals surface area contributed by atoms with E-state index < -0.39 is 0 Å². The smallest absolute Gasteiger partial charge is 0.121 e. The van der Waals surface area contributed by atoms with Gasteiger partial charge < -0.3 is 0 Å². The minimum atomic E-state index is 0.977. The Labute approximate surface area is 131 Å². The zero-order valence-electron chi connectivity index (χ0n) is 8.91. The summed E-state index contributed by atoms with van der Waals surface area (Å²) in [5.41, 5.74) is 2.46. The second-order valence-electron chi connectivity index (χ2n) is 3.48. The van der Waals surface area contributed by atoms with E-state index in [0.717, 1.165) is 6.28 Å². The molecule has 0 unspecified atom stereocenters. The first kappa shape index (κ1) is 12.8. The standard InChI is InChI=1S/C12H6S6/c13-11-15-5-9(17-11)7-1-2-8(4-3-7)10-6-16-12(14)18-10/h1-6H. The third-order valence-electron chi connectivity index (χ3n) is 2.36. The van der Waals surface area contributed by atoms with Crippen LogP contribution >= 0.6 is 69.8 Å². The van der Waals surface area contributed by atoms with Crippen LogP contribution in [0.4, 0.5) is 0 Å². The van der Waals surface area contributed by atoms with Crippen molar-refractivity contribution in [3.63, 3.8) is 0 Å². The maximum Gasteiger partial charge on any atom is 0.144 e. The van der Waals surface area contributed by atoms with E-state index in [0.29, 0.717) is 0 Å². The molecule has 0 saturated carbocycles. The van der Waals surface area contributed by atoms with E-state index in [1.54, 1.807) is 45.3 Å². The fraction of sp³-hybridized carbons (Fsp3) is 0. The van der Waals surface area contributed by atoms with E-state index in [9.17, 15) is 0 Å². The molecular weight excluding hydrogens is 337 g/mol. The Morgan fingerprint density at radius 2 is 1.06 bits per heavy atom. The van der Waals surface area contributed by atoms with Gasteiger partial charge in [-0.1, -0.05) is 48.7 Å². The number of benzene rings is 1. The van der Waals surface area contributed by atoms with Crippen LogP contribution in [0.25, 0.3) is 20.9 Å². The molecule has 0 radical (unpaired) electrons. The highest BCUT2D eigenvalue weighted by atomic mass is 32.2. The molecule has 90 valence electrons. The van der Waals surface area contributed by atoms with Crippen LogP contribution in [-0.4, -0.2) is 0 Å². The van der Waals surface area contributed by atoms with E-state index in [1.165, 1.54) is 20.9 Å². The largest absolute Gasteiger partial charge is 0.144 e. The van der Waals surface area contributed by atoms with Crippen molar-refractivity contribution in [1.82, 2.24) is 0 Å². The molecule has 0 aliphatic heterocycles. The minimum absolute atomic E-state index is 0.977. The van der Waals surface area contributed by atoms with Crippen LogP contribution in [0.5, 0.6) is 0 Å². The summed E-state index contributed by atoms with van der Waals surface area (Å²) in [4.78, 5) is 2.49. The Morgan fingerprint density at radius 3 is 1.33 bits per heavy atom. The van der Waals surface area contributed by atoms with E-state index >= 15 is 0 Å². The molecule has 3 aromatic rings. The Kier molecular flexibility index (Phi) is 3.83.